The summed E-state index contributed by atoms with van der Waals surface area (Å²) in [5.74, 6) is 0.0359. The second-order valence-corrected chi connectivity index (χ2v) is 4.50. The number of hydrogen-bond acceptors (Lipinski definition) is 3. The summed E-state index contributed by atoms with van der Waals surface area (Å²) in [5, 5.41) is 0. The molecule has 1 saturated carbocycles. The Hall–Kier alpha value is -0.860. The minimum atomic E-state index is -0.352. The van der Waals surface area contributed by atoms with Gasteiger partial charge in [-0.25, -0.2) is 0 Å². The number of carbonyl (C=O) groups excluding carboxylic acids is 2. The summed E-state index contributed by atoms with van der Waals surface area (Å²) in [4.78, 5) is 22.9. The Kier molecular flexibility index (Phi) is 3.29. The third kappa shape index (κ3) is 2.34. The van der Waals surface area contributed by atoms with Crippen LogP contribution in [-0.2, 0) is 14.3 Å². The minimum absolute atomic E-state index is 0.0809. The highest BCUT2D eigenvalue weighted by Crippen LogP contribution is 2.36. The summed E-state index contributed by atoms with van der Waals surface area (Å²) < 4.78 is 4.96. The van der Waals surface area contributed by atoms with Crippen LogP contribution < -0.4 is 0 Å². The Morgan fingerprint density at radius 3 is 2.71 bits per heavy atom. The van der Waals surface area contributed by atoms with Gasteiger partial charge in [-0.05, 0) is 19.8 Å². The molecule has 1 aliphatic rings. The van der Waals surface area contributed by atoms with E-state index < -0.39 is 0 Å². The predicted molar refractivity (Wildman–Crippen MR) is 52.8 cm³/mol. The summed E-state index contributed by atoms with van der Waals surface area (Å²) in [6.45, 7) is 6.03. The highest BCUT2D eigenvalue weighted by molar-refractivity contribution is 5.87. The van der Waals surface area contributed by atoms with Crippen molar-refractivity contribution >= 4 is 11.8 Å². The Bertz CT molecular complexity index is 243. The van der Waals surface area contributed by atoms with Crippen molar-refractivity contribution in [1.82, 2.24) is 0 Å². The van der Waals surface area contributed by atoms with E-state index in [1.807, 2.05) is 13.8 Å². The molecule has 0 aromatic rings. The average Bonchev–Trinajstić information content (AvgIpc) is 2.10. The Labute approximate surface area is 84.8 Å². The molecule has 0 saturated heterocycles. The van der Waals surface area contributed by atoms with Gasteiger partial charge in [0.2, 0.25) is 0 Å². The molecular formula is C11H18O3. The van der Waals surface area contributed by atoms with Gasteiger partial charge < -0.3 is 4.74 Å². The van der Waals surface area contributed by atoms with Crippen molar-refractivity contribution in [2.75, 3.05) is 6.61 Å². The van der Waals surface area contributed by atoms with Crippen molar-refractivity contribution in [2.45, 2.75) is 40.0 Å². The number of ether oxygens (including phenoxy) is 1. The molecule has 0 spiro atoms. The summed E-state index contributed by atoms with van der Waals surface area (Å²) >= 11 is 0. The van der Waals surface area contributed by atoms with Crippen LogP contribution in [0.3, 0.4) is 0 Å². The molecule has 0 aromatic heterocycles. The molecule has 1 rings (SSSR count). The van der Waals surface area contributed by atoms with Crippen molar-refractivity contribution in [3.63, 3.8) is 0 Å². The van der Waals surface area contributed by atoms with Crippen LogP contribution in [-0.4, -0.2) is 18.4 Å². The summed E-state index contributed by atoms with van der Waals surface area (Å²) in [5.41, 5.74) is -0.352. The van der Waals surface area contributed by atoms with Crippen molar-refractivity contribution < 1.29 is 14.3 Å². The van der Waals surface area contributed by atoms with Crippen LogP contribution in [0.1, 0.15) is 40.0 Å². The SMILES string of the molecule is CCOC(=O)C1CCC(=O)C(C)(C)C1. The van der Waals surface area contributed by atoms with E-state index in [1.54, 1.807) is 6.92 Å². The van der Waals surface area contributed by atoms with Crippen LogP contribution in [0.25, 0.3) is 0 Å². The molecule has 0 radical (unpaired) electrons. The first-order valence-corrected chi connectivity index (χ1v) is 5.17. The lowest BCUT2D eigenvalue weighted by Gasteiger charge is -2.32. The maximum Gasteiger partial charge on any atom is 0.308 e. The first-order valence-electron chi connectivity index (χ1n) is 5.17. The molecule has 0 N–H and O–H groups in total. The maximum absolute atomic E-state index is 11.5. The quantitative estimate of drug-likeness (QED) is 0.637. The van der Waals surface area contributed by atoms with Crippen LogP contribution in [0.2, 0.25) is 0 Å². The van der Waals surface area contributed by atoms with E-state index in [1.165, 1.54) is 0 Å². The normalized spacial score (nSPS) is 25.9. The van der Waals surface area contributed by atoms with E-state index in [-0.39, 0.29) is 23.1 Å². The molecule has 1 fully saturated rings. The van der Waals surface area contributed by atoms with E-state index >= 15 is 0 Å². The molecular weight excluding hydrogens is 180 g/mol. The molecule has 0 amide bonds. The van der Waals surface area contributed by atoms with Gasteiger partial charge in [0.25, 0.3) is 0 Å². The van der Waals surface area contributed by atoms with E-state index in [4.69, 9.17) is 4.74 Å². The van der Waals surface area contributed by atoms with E-state index in [0.29, 0.717) is 25.9 Å². The molecule has 3 nitrogen and oxygen atoms in total. The van der Waals surface area contributed by atoms with Gasteiger partial charge in [0.15, 0.2) is 0 Å². The fourth-order valence-electron chi connectivity index (χ4n) is 1.94. The standard InChI is InChI=1S/C11H18O3/c1-4-14-10(13)8-5-6-9(12)11(2,3)7-8/h8H,4-7H2,1-3H3. The molecule has 0 aromatic carbocycles. The number of esters is 1. The first-order chi connectivity index (χ1) is 6.47. The monoisotopic (exact) mass is 198 g/mol. The Balaban J connectivity index is 2.59. The van der Waals surface area contributed by atoms with Gasteiger partial charge in [0.05, 0.1) is 12.5 Å². The lowest BCUT2D eigenvalue weighted by molar-refractivity contribution is -0.152. The smallest absolute Gasteiger partial charge is 0.308 e. The third-order valence-electron chi connectivity index (χ3n) is 2.85. The molecule has 3 heteroatoms. The molecule has 0 heterocycles. The molecule has 1 unspecified atom stereocenters. The van der Waals surface area contributed by atoms with Crippen molar-refractivity contribution in [1.29, 1.82) is 0 Å². The van der Waals surface area contributed by atoms with Gasteiger partial charge >= 0.3 is 5.97 Å². The maximum atomic E-state index is 11.5. The molecule has 14 heavy (non-hydrogen) atoms. The summed E-state index contributed by atoms with van der Waals surface area (Å²) in [6, 6.07) is 0. The molecule has 1 aliphatic carbocycles. The summed E-state index contributed by atoms with van der Waals surface area (Å²) in [7, 11) is 0. The number of rotatable bonds is 2. The highest BCUT2D eigenvalue weighted by atomic mass is 16.5. The van der Waals surface area contributed by atoms with Gasteiger partial charge in [-0.3, -0.25) is 9.59 Å². The minimum Gasteiger partial charge on any atom is -0.466 e. The van der Waals surface area contributed by atoms with Gasteiger partial charge in [-0.2, -0.15) is 0 Å². The zero-order valence-corrected chi connectivity index (χ0v) is 9.13. The van der Waals surface area contributed by atoms with Gasteiger partial charge in [-0.15, -0.1) is 0 Å². The first kappa shape index (κ1) is 11.2. The van der Waals surface area contributed by atoms with Crippen LogP contribution in [0.15, 0.2) is 0 Å². The van der Waals surface area contributed by atoms with Gasteiger partial charge in [0, 0.05) is 11.8 Å². The van der Waals surface area contributed by atoms with Crippen LogP contribution in [0, 0.1) is 11.3 Å². The second kappa shape index (κ2) is 4.11. The van der Waals surface area contributed by atoms with Crippen LogP contribution in [0.4, 0.5) is 0 Å². The van der Waals surface area contributed by atoms with Gasteiger partial charge in [0.1, 0.15) is 5.78 Å². The molecule has 1 atom stereocenters. The Morgan fingerprint density at radius 1 is 1.57 bits per heavy atom. The molecule has 0 bridgehead atoms. The van der Waals surface area contributed by atoms with Gasteiger partial charge in [-0.1, -0.05) is 13.8 Å². The fraction of sp³-hybridized carbons (Fsp3) is 0.818. The molecule has 0 aliphatic heterocycles. The number of hydrogen-bond donors (Lipinski definition) is 0. The second-order valence-electron chi connectivity index (χ2n) is 4.50. The largest absolute Gasteiger partial charge is 0.466 e. The lowest BCUT2D eigenvalue weighted by Crippen LogP contribution is -2.36. The van der Waals surface area contributed by atoms with E-state index in [2.05, 4.69) is 0 Å². The van der Waals surface area contributed by atoms with Crippen molar-refractivity contribution in [2.24, 2.45) is 11.3 Å². The van der Waals surface area contributed by atoms with E-state index in [0.717, 1.165) is 0 Å². The zero-order valence-electron chi connectivity index (χ0n) is 9.13. The topological polar surface area (TPSA) is 43.4 Å². The predicted octanol–water partition coefficient (Wildman–Crippen LogP) is 1.94. The number of ketones is 1. The zero-order chi connectivity index (χ0) is 10.8. The third-order valence-corrected chi connectivity index (χ3v) is 2.85. The lowest BCUT2D eigenvalue weighted by atomic mass is 9.71. The summed E-state index contributed by atoms with van der Waals surface area (Å²) in [6.07, 6.45) is 1.79. The van der Waals surface area contributed by atoms with Crippen molar-refractivity contribution in [3.05, 3.63) is 0 Å². The number of carbonyl (C=O) groups is 2. The fourth-order valence-corrected chi connectivity index (χ4v) is 1.94. The van der Waals surface area contributed by atoms with Crippen molar-refractivity contribution in [3.8, 4) is 0 Å². The Morgan fingerprint density at radius 2 is 2.21 bits per heavy atom. The number of Topliss-reactive ketones (excluding diaryl/α,β-unsaturated/α-hetero) is 1. The van der Waals surface area contributed by atoms with E-state index in [9.17, 15) is 9.59 Å². The van der Waals surface area contributed by atoms with Crippen LogP contribution >= 0.6 is 0 Å². The molecule has 80 valence electrons. The highest BCUT2D eigenvalue weighted by Gasteiger charge is 2.38. The average molecular weight is 198 g/mol. The van der Waals surface area contributed by atoms with Crippen LogP contribution in [0.5, 0.6) is 0 Å².